The number of aromatic nitrogens is 4. The molecule has 0 N–H and O–H groups in total. The van der Waals surface area contributed by atoms with E-state index >= 15 is 0 Å². The summed E-state index contributed by atoms with van der Waals surface area (Å²) in [5.74, 6) is 1.50. The number of ether oxygens (including phenoxy) is 1. The maximum absolute atomic E-state index is 13.3. The summed E-state index contributed by atoms with van der Waals surface area (Å²) in [7, 11) is 0. The van der Waals surface area contributed by atoms with Gasteiger partial charge in [-0.3, -0.25) is 14.3 Å². The van der Waals surface area contributed by atoms with Gasteiger partial charge in [0.05, 0.1) is 17.1 Å². The number of nitrogens with zero attached hydrogens (tertiary/aromatic N) is 4. The lowest BCUT2D eigenvalue weighted by atomic mass is 10.1. The zero-order valence-corrected chi connectivity index (χ0v) is 21.6. The van der Waals surface area contributed by atoms with Crippen LogP contribution in [0.5, 0.6) is 5.75 Å². The zero-order chi connectivity index (χ0) is 23.7. The van der Waals surface area contributed by atoms with Crippen molar-refractivity contribution >= 4 is 27.3 Å². The van der Waals surface area contributed by atoms with Crippen molar-refractivity contribution < 1.29 is 4.74 Å². The molecule has 0 aliphatic heterocycles. The van der Waals surface area contributed by atoms with Gasteiger partial charge in [0.25, 0.3) is 5.56 Å². The third-order valence-electron chi connectivity index (χ3n) is 5.23. The van der Waals surface area contributed by atoms with Crippen molar-refractivity contribution in [2.24, 2.45) is 0 Å². The highest BCUT2D eigenvalue weighted by atomic mass is 79.9. The third-order valence-corrected chi connectivity index (χ3v) is 6.87. The minimum absolute atomic E-state index is 0.189. The molecule has 0 aliphatic rings. The largest absolute Gasteiger partial charge is 0.487 e. The number of rotatable bonds is 6. The molecule has 0 radical (unpaired) electrons. The van der Waals surface area contributed by atoms with Crippen LogP contribution in [0.3, 0.4) is 0 Å². The van der Waals surface area contributed by atoms with Gasteiger partial charge < -0.3 is 4.74 Å². The molecule has 0 unspecified atom stereocenters. The lowest BCUT2D eigenvalue weighted by Crippen LogP contribution is -2.22. The highest BCUT2D eigenvalue weighted by molar-refractivity contribution is 9.10. The van der Waals surface area contributed by atoms with E-state index in [1.165, 1.54) is 4.88 Å². The second-order valence-corrected chi connectivity index (χ2v) is 10.2. The van der Waals surface area contributed by atoms with Gasteiger partial charge in [0.15, 0.2) is 0 Å². The smallest absolute Gasteiger partial charge is 0.273 e. The van der Waals surface area contributed by atoms with Crippen LogP contribution in [0.1, 0.15) is 47.3 Å². The van der Waals surface area contributed by atoms with Crippen LogP contribution in [-0.2, 0) is 6.61 Å². The van der Waals surface area contributed by atoms with Crippen LogP contribution in [0.15, 0.2) is 51.3 Å². The summed E-state index contributed by atoms with van der Waals surface area (Å²) in [6.07, 6.45) is 3.52. The summed E-state index contributed by atoms with van der Waals surface area (Å²) in [5, 5.41) is 2.07. The number of hydrogen-bond donors (Lipinski definition) is 0. The number of thiophene rings is 1. The summed E-state index contributed by atoms with van der Waals surface area (Å²) < 4.78 is 7.99. The Labute approximate surface area is 205 Å². The molecule has 0 saturated heterocycles. The van der Waals surface area contributed by atoms with Crippen LogP contribution >= 0.6 is 27.3 Å². The Bertz CT molecular complexity index is 1380. The van der Waals surface area contributed by atoms with Gasteiger partial charge in [-0.15, -0.1) is 11.3 Å². The van der Waals surface area contributed by atoms with E-state index in [0.29, 0.717) is 28.2 Å². The molecule has 8 heteroatoms. The quantitative estimate of drug-likeness (QED) is 0.303. The molecule has 170 valence electrons. The Kier molecular flexibility index (Phi) is 6.76. The van der Waals surface area contributed by atoms with E-state index in [1.807, 2.05) is 38.2 Å². The number of aryl methyl sites for hydroxylation is 3. The standard InChI is InChI=1S/C25H25BrN4O2S/c1-14(2)24-28-11-15(3)23(29-24)20-10-19(6-7-27-20)30-16(4)8-21(22(26)25(30)31)32-12-18-9-17(5)33-13-18/h6-11,13-14H,12H2,1-5H3. The average molecular weight is 525 g/mol. The van der Waals surface area contributed by atoms with Gasteiger partial charge in [0.2, 0.25) is 0 Å². The number of pyridine rings is 2. The van der Waals surface area contributed by atoms with Crippen molar-refractivity contribution in [1.29, 1.82) is 0 Å². The molecule has 0 bridgehead atoms. The SMILES string of the molecule is Cc1cc(COc2cc(C)n(-c3ccnc(-c4nc(C(C)C)ncc4C)c3)c(=O)c2Br)cs1. The molecule has 4 heterocycles. The van der Waals surface area contributed by atoms with Crippen molar-refractivity contribution in [3.63, 3.8) is 0 Å². The monoisotopic (exact) mass is 524 g/mol. The first kappa shape index (κ1) is 23.3. The van der Waals surface area contributed by atoms with Crippen molar-refractivity contribution in [2.45, 2.75) is 47.1 Å². The predicted octanol–water partition coefficient (Wildman–Crippen LogP) is 6.14. The topological polar surface area (TPSA) is 69.9 Å². The van der Waals surface area contributed by atoms with E-state index in [9.17, 15) is 4.79 Å². The molecule has 6 nitrogen and oxygen atoms in total. The minimum Gasteiger partial charge on any atom is -0.487 e. The van der Waals surface area contributed by atoms with E-state index < -0.39 is 0 Å². The summed E-state index contributed by atoms with van der Waals surface area (Å²) >= 11 is 5.13. The molecular formula is C25H25BrN4O2S. The Morgan fingerprint density at radius 3 is 2.64 bits per heavy atom. The van der Waals surface area contributed by atoms with E-state index in [1.54, 1.807) is 22.1 Å². The van der Waals surface area contributed by atoms with Crippen molar-refractivity contribution in [3.05, 3.63) is 84.4 Å². The van der Waals surface area contributed by atoms with Crippen LogP contribution in [0.2, 0.25) is 0 Å². The fourth-order valence-electron chi connectivity index (χ4n) is 3.52. The van der Waals surface area contributed by atoms with Crippen molar-refractivity contribution in [3.8, 4) is 22.8 Å². The molecule has 0 atom stereocenters. The van der Waals surface area contributed by atoms with Gasteiger partial charge in [-0.25, -0.2) is 9.97 Å². The second kappa shape index (κ2) is 9.57. The maximum atomic E-state index is 13.3. The molecule has 0 saturated carbocycles. The molecule has 33 heavy (non-hydrogen) atoms. The van der Waals surface area contributed by atoms with Crippen LogP contribution in [0, 0.1) is 20.8 Å². The van der Waals surface area contributed by atoms with Crippen LogP contribution < -0.4 is 10.3 Å². The summed E-state index contributed by atoms with van der Waals surface area (Å²) in [6, 6.07) is 7.66. The highest BCUT2D eigenvalue weighted by Gasteiger charge is 2.16. The van der Waals surface area contributed by atoms with Crippen molar-refractivity contribution in [1.82, 2.24) is 19.5 Å². The molecule has 4 rings (SSSR count). The van der Waals surface area contributed by atoms with Crippen LogP contribution in [0.25, 0.3) is 17.1 Å². The molecular weight excluding hydrogens is 500 g/mol. The maximum Gasteiger partial charge on any atom is 0.273 e. The first-order valence-corrected chi connectivity index (χ1v) is 12.3. The lowest BCUT2D eigenvalue weighted by molar-refractivity contribution is 0.303. The summed E-state index contributed by atoms with van der Waals surface area (Å²) in [5.41, 5.74) is 4.78. The molecule has 4 aromatic rings. The lowest BCUT2D eigenvalue weighted by Gasteiger charge is -2.15. The molecule has 0 fully saturated rings. The normalized spacial score (nSPS) is 11.2. The Hall–Kier alpha value is -2.84. The van der Waals surface area contributed by atoms with Gasteiger partial charge >= 0.3 is 0 Å². The average Bonchev–Trinajstić information content (AvgIpc) is 3.21. The van der Waals surface area contributed by atoms with Crippen molar-refractivity contribution in [2.75, 3.05) is 0 Å². The predicted molar refractivity (Wildman–Crippen MR) is 136 cm³/mol. The van der Waals surface area contributed by atoms with E-state index in [4.69, 9.17) is 9.72 Å². The molecule has 0 aliphatic carbocycles. The third kappa shape index (κ3) is 4.91. The number of halogens is 1. The van der Waals surface area contributed by atoms with Crippen LogP contribution in [-0.4, -0.2) is 19.5 Å². The highest BCUT2D eigenvalue weighted by Crippen LogP contribution is 2.27. The van der Waals surface area contributed by atoms with Gasteiger partial charge in [0.1, 0.15) is 22.7 Å². The van der Waals surface area contributed by atoms with Crippen LogP contribution in [0.4, 0.5) is 0 Å². The first-order chi connectivity index (χ1) is 15.7. The zero-order valence-electron chi connectivity index (χ0n) is 19.2. The second-order valence-electron chi connectivity index (χ2n) is 8.27. The molecule has 0 amide bonds. The minimum atomic E-state index is -0.189. The van der Waals surface area contributed by atoms with Gasteiger partial charge in [-0.1, -0.05) is 13.8 Å². The molecule has 4 aromatic heterocycles. The Morgan fingerprint density at radius 1 is 1.15 bits per heavy atom. The fourth-order valence-corrected chi connectivity index (χ4v) is 4.62. The Morgan fingerprint density at radius 2 is 1.94 bits per heavy atom. The summed E-state index contributed by atoms with van der Waals surface area (Å²) in [6.45, 7) is 10.4. The fraction of sp³-hybridized carbons (Fsp3) is 0.280. The summed E-state index contributed by atoms with van der Waals surface area (Å²) in [4.78, 5) is 28.2. The first-order valence-electron chi connectivity index (χ1n) is 10.6. The van der Waals surface area contributed by atoms with Gasteiger partial charge in [-0.05, 0) is 65.8 Å². The van der Waals surface area contributed by atoms with E-state index in [2.05, 4.69) is 58.1 Å². The molecule has 0 aromatic carbocycles. The van der Waals surface area contributed by atoms with Gasteiger partial charge in [0, 0.05) is 40.5 Å². The Balaban J connectivity index is 1.71. The van der Waals surface area contributed by atoms with E-state index in [-0.39, 0.29) is 11.5 Å². The molecule has 0 spiro atoms. The number of hydrogen-bond acceptors (Lipinski definition) is 6. The van der Waals surface area contributed by atoms with Gasteiger partial charge in [-0.2, -0.15) is 0 Å². The van der Waals surface area contributed by atoms with E-state index in [0.717, 1.165) is 28.3 Å².